The Kier molecular flexibility index (Phi) is 5.22. The van der Waals surface area contributed by atoms with Crippen LogP contribution in [0.2, 0.25) is 0 Å². The number of hydrazine groups is 1. The van der Waals surface area contributed by atoms with Gasteiger partial charge in [0.15, 0.2) is 0 Å². The number of anilines is 2. The van der Waals surface area contributed by atoms with Gasteiger partial charge in [0.2, 0.25) is 17.8 Å². The molecule has 0 radical (unpaired) electrons. The van der Waals surface area contributed by atoms with Crippen LogP contribution < -0.4 is 15.8 Å². The van der Waals surface area contributed by atoms with E-state index >= 15 is 0 Å². The van der Waals surface area contributed by atoms with Crippen molar-refractivity contribution in [1.29, 1.82) is 0 Å². The van der Waals surface area contributed by atoms with Crippen LogP contribution in [-0.2, 0) is 9.59 Å². The van der Waals surface area contributed by atoms with E-state index in [0.29, 0.717) is 12.5 Å². The van der Waals surface area contributed by atoms with E-state index in [1.807, 2.05) is 45.0 Å². The van der Waals surface area contributed by atoms with Crippen molar-refractivity contribution in [2.24, 2.45) is 5.92 Å². The van der Waals surface area contributed by atoms with E-state index in [-0.39, 0.29) is 18.2 Å². The number of rotatable bonds is 4. The van der Waals surface area contributed by atoms with Crippen LogP contribution >= 0.6 is 15.9 Å². The van der Waals surface area contributed by atoms with E-state index in [0.717, 1.165) is 27.1 Å². The smallest absolute Gasteiger partial charge is 0.243 e. The first-order chi connectivity index (χ1) is 12.3. The Hall–Kier alpha value is -2.48. The normalized spacial score (nSPS) is 16.7. The van der Waals surface area contributed by atoms with Crippen molar-refractivity contribution < 1.29 is 9.59 Å². The minimum Gasteiger partial charge on any atom is -0.312 e. The number of aryl methyl sites for hydroxylation is 3. The zero-order chi connectivity index (χ0) is 18.8. The van der Waals surface area contributed by atoms with Gasteiger partial charge in [-0.3, -0.25) is 20.4 Å². The summed E-state index contributed by atoms with van der Waals surface area (Å²) >= 11 is 3.45. The highest BCUT2D eigenvalue weighted by Gasteiger charge is 2.35. The van der Waals surface area contributed by atoms with Crippen LogP contribution in [0.3, 0.4) is 0 Å². The third-order valence-electron chi connectivity index (χ3n) is 4.23. The summed E-state index contributed by atoms with van der Waals surface area (Å²) in [5, 5.41) is 0. The first kappa shape index (κ1) is 18.3. The van der Waals surface area contributed by atoms with E-state index in [4.69, 9.17) is 0 Å². The van der Waals surface area contributed by atoms with Gasteiger partial charge in [0, 0.05) is 34.5 Å². The Morgan fingerprint density at radius 3 is 2.54 bits per heavy atom. The van der Waals surface area contributed by atoms with E-state index < -0.39 is 5.92 Å². The quantitative estimate of drug-likeness (QED) is 0.746. The number of aromatic nitrogens is 2. The summed E-state index contributed by atoms with van der Waals surface area (Å²) in [5.74, 6) is -0.405. The molecule has 1 aliphatic rings. The maximum Gasteiger partial charge on any atom is 0.243 e. The summed E-state index contributed by atoms with van der Waals surface area (Å²) in [6, 6.07) is 7.56. The minimum atomic E-state index is -0.426. The van der Waals surface area contributed by atoms with Gasteiger partial charge in [0.1, 0.15) is 0 Å². The maximum atomic E-state index is 12.4. The SMILES string of the molecule is Cc1cc(C)nc(NNC(=O)C2CC(=O)N(c3ccc(Br)c(C)c3)C2)n1. The Morgan fingerprint density at radius 1 is 1.19 bits per heavy atom. The van der Waals surface area contributed by atoms with Crippen molar-refractivity contribution in [3.63, 3.8) is 0 Å². The average Bonchev–Trinajstić information content (AvgIpc) is 2.96. The Bertz CT molecular complexity index is 850. The first-order valence-electron chi connectivity index (χ1n) is 8.28. The molecule has 8 heteroatoms. The summed E-state index contributed by atoms with van der Waals surface area (Å²) in [4.78, 5) is 34.8. The predicted molar refractivity (Wildman–Crippen MR) is 103 cm³/mol. The van der Waals surface area contributed by atoms with Gasteiger partial charge in [-0.2, -0.15) is 0 Å². The van der Waals surface area contributed by atoms with Crippen LogP contribution in [0, 0.1) is 26.7 Å². The van der Waals surface area contributed by atoms with E-state index in [1.165, 1.54) is 0 Å². The molecule has 1 aromatic carbocycles. The van der Waals surface area contributed by atoms with Gasteiger partial charge < -0.3 is 4.90 Å². The topological polar surface area (TPSA) is 87.2 Å². The summed E-state index contributed by atoms with van der Waals surface area (Å²) in [5.41, 5.74) is 8.80. The lowest BCUT2D eigenvalue weighted by atomic mass is 10.1. The molecule has 1 aliphatic heterocycles. The van der Waals surface area contributed by atoms with E-state index in [2.05, 4.69) is 36.7 Å². The third-order valence-corrected chi connectivity index (χ3v) is 5.12. The highest BCUT2D eigenvalue weighted by Crippen LogP contribution is 2.28. The fourth-order valence-corrected chi connectivity index (χ4v) is 3.18. The molecule has 2 amide bonds. The molecule has 136 valence electrons. The minimum absolute atomic E-state index is 0.0606. The summed E-state index contributed by atoms with van der Waals surface area (Å²) in [7, 11) is 0. The highest BCUT2D eigenvalue weighted by atomic mass is 79.9. The van der Waals surface area contributed by atoms with Crippen molar-refractivity contribution in [2.75, 3.05) is 16.9 Å². The number of carbonyl (C=O) groups is 2. The van der Waals surface area contributed by atoms with Gasteiger partial charge in [-0.15, -0.1) is 0 Å². The van der Waals surface area contributed by atoms with Gasteiger partial charge in [-0.05, 0) is 50.6 Å². The monoisotopic (exact) mass is 417 g/mol. The number of hydrogen-bond donors (Lipinski definition) is 2. The number of hydrogen-bond acceptors (Lipinski definition) is 5. The molecule has 0 saturated carbocycles. The van der Waals surface area contributed by atoms with Crippen LogP contribution in [0.1, 0.15) is 23.4 Å². The van der Waals surface area contributed by atoms with Crippen molar-refractivity contribution in [3.8, 4) is 0 Å². The molecule has 7 nitrogen and oxygen atoms in total. The molecule has 1 aromatic heterocycles. The fraction of sp³-hybridized carbons (Fsp3) is 0.333. The molecule has 0 bridgehead atoms. The lowest BCUT2D eigenvalue weighted by Crippen LogP contribution is -2.37. The molecule has 2 N–H and O–H groups in total. The fourth-order valence-electron chi connectivity index (χ4n) is 2.93. The van der Waals surface area contributed by atoms with Gasteiger partial charge >= 0.3 is 0 Å². The van der Waals surface area contributed by atoms with Gasteiger partial charge in [-0.1, -0.05) is 15.9 Å². The van der Waals surface area contributed by atoms with Crippen LogP contribution in [0.5, 0.6) is 0 Å². The van der Waals surface area contributed by atoms with Gasteiger partial charge in [0.05, 0.1) is 5.92 Å². The molecule has 0 aliphatic carbocycles. The largest absolute Gasteiger partial charge is 0.312 e. The van der Waals surface area contributed by atoms with Crippen LogP contribution in [-0.4, -0.2) is 28.3 Å². The van der Waals surface area contributed by atoms with Crippen molar-refractivity contribution in [3.05, 3.63) is 45.7 Å². The zero-order valence-electron chi connectivity index (χ0n) is 14.8. The molecule has 1 unspecified atom stereocenters. The second-order valence-electron chi connectivity index (χ2n) is 6.43. The van der Waals surface area contributed by atoms with Gasteiger partial charge in [0.25, 0.3) is 0 Å². The number of nitrogens with one attached hydrogen (secondary N) is 2. The molecule has 0 spiro atoms. The molecule has 2 heterocycles. The number of nitrogens with zero attached hydrogens (tertiary/aromatic N) is 3. The van der Waals surface area contributed by atoms with E-state index in [1.54, 1.807) is 4.90 Å². The molecule has 1 saturated heterocycles. The number of amides is 2. The zero-order valence-corrected chi connectivity index (χ0v) is 16.4. The van der Waals surface area contributed by atoms with Crippen LogP contribution in [0.25, 0.3) is 0 Å². The summed E-state index contributed by atoms with van der Waals surface area (Å²) in [6.07, 6.45) is 0.177. The van der Waals surface area contributed by atoms with Crippen molar-refractivity contribution in [2.45, 2.75) is 27.2 Å². The number of halogens is 1. The molecular weight excluding hydrogens is 398 g/mol. The Labute approximate surface area is 160 Å². The third kappa shape index (κ3) is 4.01. The molecular formula is C18H20BrN5O2. The molecule has 3 rings (SSSR count). The standard InChI is InChI=1S/C18H20BrN5O2/c1-10-6-14(4-5-15(10)19)24-9-13(8-16(24)25)17(26)22-23-18-20-11(2)7-12(3)21-18/h4-7,13H,8-9H2,1-3H3,(H,22,26)(H,20,21,23). The highest BCUT2D eigenvalue weighted by molar-refractivity contribution is 9.10. The Morgan fingerprint density at radius 2 is 1.88 bits per heavy atom. The first-order valence-corrected chi connectivity index (χ1v) is 9.07. The van der Waals surface area contributed by atoms with Crippen molar-refractivity contribution in [1.82, 2.24) is 15.4 Å². The lowest BCUT2D eigenvalue weighted by Gasteiger charge is -2.18. The lowest BCUT2D eigenvalue weighted by molar-refractivity contribution is -0.125. The summed E-state index contributed by atoms with van der Waals surface area (Å²) < 4.78 is 0.986. The second kappa shape index (κ2) is 7.41. The summed E-state index contributed by atoms with van der Waals surface area (Å²) in [6.45, 7) is 6.03. The molecule has 26 heavy (non-hydrogen) atoms. The number of carbonyl (C=O) groups excluding carboxylic acids is 2. The average molecular weight is 418 g/mol. The van der Waals surface area contributed by atoms with Crippen LogP contribution in [0.4, 0.5) is 11.6 Å². The van der Waals surface area contributed by atoms with Gasteiger partial charge in [-0.25, -0.2) is 9.97 Å². The van der Waals surface area contributed by atoms with Crippen LogP contribution in [0.15, 0.2) is 28.7 Å². The van der Waals surface area contributed by atoms with E-state index in [9.17, 15) is 9.59 Å². The second-order valence-corrected chi connectivity index (χ2v) is 7.28. The maximum absolute atomic E-state index is 12.4. The molecule has 1 atom stereocenters. The molecule has 1 fully saturated rings. The number of benzene rings is 1. The Balaban J connectivity index is 1.64. The predicted octanol–water partition coefficient (Wildman–Crippen LogP) is 2.66. The molecule has 2 aromatic rings. The van der Waals surface area contributed by atoms with Crippen molar-refractivity contribution >= 4 is 39.4 Å².